The molecule has 34 heavy (non-hydrogen) atoms. The number of hydrogen-bond acceptors (Lipinski definition) is 5. The van der Waals surface area contributed by atoms with Gasteiger partial charge in [0.15, 0.2) is 0 Å². The predicted molar refractivity (Wildman–Crippen MR) is 126 cm³/mol. The van der Waals surface area contributed by atoms with E-state index in [4.69, 9.17) is 20.9 Å². The number of nitrogens with zero attached hydrogens (tertiary/aromatic N) is 2. The van der Waals surface area contributed by atoms with Crippen LogP contribution in [-0.4, -0.2) is 53.4 Å². The number of amides is 2. The van der Waals surface area contributed by atoms with Gasteiger partial charge in [0, 0.05) is 47.9 Å². The van der Waals surface area contributed by atoms with E-state index in [9.17, 15) is 14.7 Å². The fourth-order valence-corrected chi connectivity index (χ4v) is 6.00. The van der Waals surface area contributed by atoms with E-state index in [1.165, 1.54) is 11.1 Å². The lowest BCUT2D eigenvalue weighted by molar-refractivity contribution is -0.151. The summed E-state index contributed by atoms with van der Waals surface area (Å²) in [4.78, 5) is 26.0. The van der Waals surface area contributed by atoms with Crippen molar-refractivity contribution in [2.24, 2.45) is 11.3 Å². The number of carboxylic acid groups (broad SMARTS) is 1. The van der Waals surface area contributed by atoms with E-state index in [-0.39, 0.29) is 23.3 Å². The summed E-state index contributed by atoms with van der Waals surface area (Å²) in [5, 5.41) is 18.5. The van der Waals surface area contributed by atoms with Gasteiger partial charge in [0.25, 0.3) is 0 Å². The van der Waals surface area contributed by atoms with Crippen molar-refractivity contribution >= 4 is 34.4 Å². The molecule has 1 saturated heterocycles. The van der Waals surface area contributed by atoms with E-state index in [2.05, 4.69) is 10.5 Å². The number of likely N-dealkylation sites (tertiary alicyclic amines) is 1. The monoisotopic (exact) mass is 483 g/mol. The van der Waals surface area contributed by atoms with Crippen LogP contribution in [0.2, 0.25) is 5.02 Å². The molecular weight excluding hydrogens is 458 g/mol. The van der Waals surface area contributed by atoms with Crippen molar-refractivity contribution in [1.29, 1.82) is 0 Å². The molecule has 3 atom stereocenters. The third-order valence-corrected chi connectivity index (χ3v) is 7.84. The molecule has 2 amide bonds. The Morgan fingerprint density at radius 3 is 2.59 bits per heavy atom. The first-order chi connectivity index (χ1) is 16.4. The average molecular weight is 484 g/mol. The summed E-state index contributed by atoms with van der Waals surface area (Å²) in [6, 6.07) is 13.2. The van der Waals surface area contributed by atoms with E-state index < -0.39 is 12.0 Å². The molecule has 1 aromatic heterocycles. The van der Waals surface area contributed by atoms with Crippen molar-refractivity contribution < 1.29 is 24.0 Å². The Kier molecular flexibility index (Phi) is 5.85. The van der Waals surface area contributed by atoms with Crippen LogP contribution in [0.3, 0.4) is 0 Å². The van der Waals surface area contributed by atoms with Crippen molar-refractivity contribution in [2.75, 3.05) is 20.1 Å². The van der Waals surface area contributed by atoms with Crippen LogP contribution >= 0.6 is 11.6 Å². The quantitative estimate of drug-likeness (QED) is 0.552. The number of rotatable bonds is 5. The molecule has 9 heteroatoms. The molecule has 2 fully saturated rings. The van der Waals surface area contributed by atoms with Crippen LogP contribution in [0.5, 0.6) is 5.75 Å². The lowest BCUT2D eigenvalue weighted by Gasteiger charge is -2.59. The zero-order valence-corrected chi connectivity index (χ0v) is 19.5. The van der Waals surface area contributed by atoms with Crippen molar-refractivity contribution in [3.8, 4) is 5.75 Å². The summed E-state index contributed by atoms with van der Waals surface area (Å²) in [6.45, 7) is 0.860. The van der Waals surface area contributed by atoms with Crippen LogP contribution < -0.4 is 10.1 Å². The second-order valence-electron chi connectivity index (χ2n) is 9.12. The summed E-state index contributed by atoms with van der Waals surface area (Å²) in [6.07, 6.45) is 2.41. The predicted octanol–water partition coefficient (Wildman–Crippen LogP) is 4.54. The second-order valence-corrected chi connectivity index (χ2v) is 9.52. The van der Waals surface area contributed by atoms with E-state index in [0.717, 1.165) is 17.2 Å². The van der Waals surface area contributed by atoms with Gasteiger partial charge in [-0.3, -0.25) is 4.79 Å². The van der Waals surface area contributed by atoms with E-state index in [1.54, 1.807) is 13.1 Å². The largest absolute Gasteiger partial charge is 0.489 e. The van der Waals surface area contributed by atoms with E-state index >= 15 is 0 Å². The van der Waals surface area contributed by atoms with Crippen molar-refractivity contribution in [2.45, 2.75) is 31.3 Å². The van der Waals surface area contributed by atoms with Gasteiger partial charge in [0.2, 0.25) is 5.91 Å². The van der Waals surface area contributed by atoms with Gasteiger partial charge in [-0.05, 0) is 36.8 Å². The molecule has 178 valence electrons. The minimum atomic E-state index is -0.913. The van der Waals surface area contributed by atoms with Gasteiger partial charge in [-0.2, -0.15) is 0 Å². The number of piperidine rings is 1. The number of carbonyl (C=O) groups is 2. The molecule has 2 aromatic carbocycles. The number of hydrogen-bond donors (Lipinski definition) is 2. The van der Waals surface area contributed by atoms with Gasteiger partial charge in [-0.25, -0.2) is 4.79 Å². The highest BCUT2D eigenvalue weighted by atomic mass is 35.5. The Morgan fingerprint density at radius 1 is 1.21 bits per heavy atom. The fraction of sp³-hybridized carbons (Fsp3) is 0.400. The Hall–Kier alpha value is -3.26. The minimum absolute atomic E-state index is 0.170. The van der Waals surface area contributed by atoms with Crippen LogP contribution in [0.1, 0.15) is 30.9 Å². The molecule has 3 aromatic rings. The maximum atomic E-state index is 13.1. The van der Waals surface area contributed by atoms with Crippen LogP contribution in [0, 0.1) is 11.3 Å². The van der Waals surface area contributed by atoms with Crippen molar-refractivity contribution in [3.05, 3.63) is 59.4 Å². The molecule has 0 radical (unpaired) electrons. The highest BCUT2D eigenvalue weighted by Crippen LogP contribution is 2.60. The molecule has 1 aliphatic carbocycles. The Balaban J connectivity index is 1.51. The number of ether oxygens (including phenoxy) is 1. The lowest BCUT2D eigenvalue weighted by atomic mass is 9.49. The average Bonchev–Trinajstić information content (AvgIpc) is 3.38. The normalized spacial score (nSPS) is 22.2. The summed E-state index contributed by atoms with van der Waals surface area (Å²) >= 11 is 6.40. The number of aromatic nitrogens is 1. The van der Waals surface area contributed by atoms with Crippen molar-refractivity contribution in [3.63, 3.8) is 0 Å². The van der Waals surface area contributed by atoms with Gasteiger partial charge in [-0.1, -0.05) is 41.0 Å². The summed E-state index contributed by atoms with van der Waals surface area (Å²) in [5.74, 6) is 0.225. The molecule has 2 aliphatic rings. The first-order valence-electron chi connectivity index (χ1n) is 11.4. The minimum Gasteiger partial charge on any atom is -0.489 e. The maximum Gasteiger partial charge on any atom is 0.407 e. The SMILES string of the molecule is CNC(=O)C(c1ccno1)C1C(Oc2ccc(Cl)c3ccccc23)CC12CCN(C(=O)O)CC2. The zero-order valence-electron chi connectivity index (χ0n) is 18.7. The standard InChI is InChI=1S/C25H26ClN3O5/c1-27-23(30)21(19-8-11-28-34-19)22-20(14-25(22)9-12-29(13-10-25)24(31)32)33-18-7-6-17(26)15-4-2-3-5-16(15)18/h2-8,11,20-22H,9-10,12-14H2,1H3,(H,27,30)(H,31,32). The molecule has 0 bridgehead atoms. The number of nitrogens with one attached hydrogen (secondary N) is 1. The third kappa shape index (κ3) is 3.76. The Labute approximate surface area is 201 Å². The molecular formula is C25H26ClN3O5. The van der Waals surface area contributed by atoms with Gasteiger partial charge in [0.1, 0.15) is 23.5 Å². The molecule has 1 spiro atoms. The van der Waals surface area contributed by atoms with Crippen LogP contribution in [0.4, 0.5) is 4.79 Å². The number of carbonyl (C=O) groups excluding carboxylic acids is 1. The highest BCUT2D eigenvalue weighted by molar-refractivity contribution is 6.35. The highest BCUT2D eigenvalue weighted by Gasteiger charge is 2.61. The smallest absolute Gasteiger partial charge is 0.407 e. The van der Waals surface area contributed by atoms with Crippen LogP contribution in [0.25, 0.3) is 10.8 Å². The van der Waals surface area contributed by atoms with E-state index in [0.29, 0.717) is 42.5 Å². The van der Waals surface area contributed by atoms with Crippen LogP contribution in [0.15, 0.2) is 53.2 Å². The summed E-state index contributed by atoms with van der Waals surface area (Å²) < 4.78 is 12.0. The second kappa shape index (κ2) is 8.83. The topological polar surface area (TPSA) is 105 Å². The van der Waals surface area contributed by atoms with Gasteiger partial charge in [0.05, 0.1) is 6.20 Å². The molecule has 8 nitrogen and oxygen atoms in total. The third-order valence-electron chi connectivity index (χ3n) is 7.51. The van der Waals surface area contributed by atoms with Gasteiger partial charge >= 0.3 is 6.09 Å². The first-order valence-corrected chi connectivity index (χ1v) is 11.8. The number of fused-ring (bicyclic) bond motifs is 1. The van der Waals surface area contributed by atoms with E-state index in [1.807, 2.05) is 36.4 Å². The molecule has 1 saturated carbocycles. The van der Waals surface area contributed by atoms with Gasteiger partial charge in [-0.15, -0.1) is 0 Å². The summed E-state index contributed by atoms with van der Waals surface area (Å²) in [5.41, 5.74) is -0.233. The molecule has 2 heterocycles. The van der Waals surface area contributed by atoms with Gasteiger partial charge < -0.3 is 24.6 Å². The van der Waals surface area contributed by atoms with Crippen LogP contribution in [-0.2, 0) is 4.79 Å². The molecule has 1 aliphatic heterocycles. The molecule has 5 rings (SSSR count). The Bertz CT molecular complexity index is 1210. The summed E-state index contributed by atoms with van der Waals surface area (Å²) in [7, 11) is 1.60. The fourth-order valence-electron chi connectivity index (χ4n) is 5.77. The Morgan fingerprint density at radius 2 is 1.94 bits per heavy atom. The lowest BCUT2D eigenvalue weighted by Crippen LogP contribution is -2.62. The number of halogens is 1. The van der Waals surface area contributed by atoms with Crippen molar-refractivity contribution in [1.82, 2.24) is 15.4 Å². The molecule has 2 N–H and O–H groups in total. The number of benzene rings is 2. The first kappa shape index (κ1) is 22.5. The maximum absolute atomic E-state index is 13.1. The molecule has 3 unspecified atom stereocenters. The number of likely N-dealkylation sites (N-methyl/N-ethyl adjacent to an activating group) is 1. The zero-order chi connectivity index (χ0) is 23.9.